The molecule has 1 spiro atoms. The summed E-state index contributed by atoms with van der Waals surface area (Å²) in [5.41, 5.74) is 0.521. The Morgan fingerprint density at radius 2 is 2.00 bits per heavy atom. The predicted octanol–water partition coefficient (Wildman–Crippen LogP) is 3.42. The Morgan fingerprint density at radius 3 is 2.61 bits per heavy atom. The van der Waals surface area contributed by atoms with Gasteiger partial charge >= 0.3 is 0 Å². The topological polar surface area (TPSA) is 15.3 Å². The Labute approximate surface area is 114 Å². The van der Waals surface area contributed by atoms with Crippen molar-refractivity contribution in [1.82, 2.24) is 10.2 Å². The zero-order valence-electron chi connectivity index (χ0n) is 12.7. The minimum absolute atomic E-state index is 0.521. The van der Waals surface area contributed by atoms with Crippen LogP contribution in [0.1, 0.15) is 65.7 Å². The maximum Gasteiger partial charge on any atom is 0.0334 e. The van der Waals surface area contributed by atoms with E-state index in [1.54, 1.807) is 0 Å². The van der Waals surface area contributed by atoms with Crippen LogP contribution in [-0.4, -0.2) is 36.1 Å². The van der Waals surface area contributed by atoms with Crippen LogP contribution in [0.25, 0.3) is 0 Å². The minimum atomic E-state index is 0.521. The molecule has 0 radical (unpaired) electrons. The van der Waals surface area contributed by atoms with Gasteiger partial charge in [-0.25, -0.2) is 0 Å². The number of rotatable bonds is 5. The lowest BCUT2D eigenvalue weighted by Crippen LogP contribution is -2.64. The second-order valence-electron chi connectivity index (χ2n) is 6.72. The van der Waals surface area contributed by atoms with Crippen LogP contribution in [0.15, 0.2) is 0 Å². The number of piperazine rings is 1. The van der Waals surface area contributed by atoms with E-state index in [0.29, 0.717) is 5.54 Å². The van der Waals surface area contributed by atoms with Gasteiger partial charge in [-0.2, -0.15) is 0 Å². The van der Waals surface area contributed by atoms with Gasteiger partial charge in [-0.3, -0.25) is 4.90 Å². The van der Waals surface area contributed by atoms with E-state index in [1.807, 2.05) is 0 Å². The molecule has 1 saturated heterocycles. The van der Waals surface area contributed by atoms with E-state index < -0.39 is 0 Å². The Morgan fingerprint density at radius 1 is 1.28 bits per heavy atom. The van der Waals surface area contributed by atoms with Crippen LogP contribution in [0.3, 0.4) is 0 Å². The number of nitrogens with zero attached hydrogens (tertiary/aromatic N) is 1. The molecule has 0 aromatic heterocycles. The fourth-order valence-corrected chi connectivity index (χ4v) is 4.00. The summed E-state index contributed by atoms with van der Waals surface area (Å²) in [6.07, 6.45) is 9.72. The summed E-state index contributed by atoms with van der Waals surface area (Å²) in [5, 5.41) is 3.80. The highest BCUT2D eigenvalue weighted by atomic mass is 15.3. The normalized spacial score (nSPS) is 29.8. The molecule has 18 heavy (non-hydrogen) atoms. The van der Waals surface area contributed by atoms with E-state index in [4.69, 9.17) is 0 Å². The van der Waals surface area contributed by atoms with Crippen LogP contribution in [-0.2, 0) is 0 Å². The minimum Gasteiger partial charge on any atom is -0.311 e. The summed E-state index contributed by atoms with van der Waals surface area (Å²) in [6.45, 7) is 10.9. The van der Waals surface area contributed by atoms with Crippen molar-refractivity contribution in [2.24, 2.45) is 5.92 Å². The van der Waals surface area contributed by atoms with Crippen molar-refractivity contribution in [1.29, 1.82) is 0 Å². The second-order valence-corrected chi connectivity index (χ2v) is 6.72. The van der Waals surface area contributed by atoms with Gasteiger partial charge in [-0.15, -0.1) is 0 Å². The number of nitrogens with one attached hydrogen (secondary N) is 1. The Balaban J connectivity index is 2.00. The second kappa shape index (κ2) is 6.38. The van der Waals surface area contributed by atoms with Crippen LogP contribution in [0.4, 0.5) is 0 Å². The fraction of sp³-hybridized carbons (Fsp3) is 1.00. The number of hydrogen-bond donors (Lipinski definition) is 1. The van der Waals surface area contributed by atoms with Gasteiger partial charge in [0.1, 0.15) is 0 Å². The molecule has 0 amide bonds. The van der Waals surface area contributed by atoms with E-state index in [2.05, 4.69) is 31.0 Å². The molecule has 1 N–H and O–H groups in total. The van der Waals surface area contributed by atoms with Gasteiger partial charge in [0.15, 0.2) is 0 Å². The Bertz CT molecular complexity index is 245. The number of hydrogen-bond acceptors (Lipinski definition) is 2. The zero-order valence-corrected chi connectivity index (χ0v) is 12.7. The molecule has 2 fully saturated rings. The predicted molar refractivity (Wildman–Crippen MR) is 78.9 cm³/mol. The average molecular weight is 252 g/mol. The molecular formula is C16H32N2. The molecule has 1 saturated carbocycles. The maximum absolute atomic E-state index is 3.80. The lowest BCUT2D eigenvalue weighted by atomic mass is 9.89. The van der Waals surface area contributed by atoms with Gasteiger partial charge in [0.25, 0.3) is 0 Å². The van der Waals surface area contributed by atoms with Crippen molar-refractivity contribution < 1.29 is 0 Å². The first-order valence-electron chi connectivity index (χ1n) is 8.18. The van der Waals surface area contributed by atoms with Crippen molar-refractivity contribution >= 4 is 0 Å². The Hall–Kier alpha value is -0.0800. The van der Waals surface area contributed by atoms with Crippen LogP contribution >= 0.6 is 0 Å². The average Bonchev–Trinajstić information content (AvgIpc) is 2.82. The van der Waals surface area contributed by atoms with E-state index in [9.17, 15) is 0 Å². The summed E-state index contributed by atoms with van der Waals surface area (Å²) in [7, 11) is 0. The third kappa shape index (κ3) is 3.08. The molecule has 1 aliphatic carbocycles. The van der Waals surface area contributed by atoms with Crippen molar-refractivity contribution in [2.45, 2.75) is 77.3 Å². The van der Waals surface area contributed by atoms with Crippen LogP contribution in [0.5, 0.6) is 0 Å². The molecule has 2 rings (SSSR count). The summed E-state index contributed by atoms with van der Waals surface area (Å²) in [4.78, 5) is 2.87. The summed E-state index contributed by atoms with van der Waals surface area (Å²) in [5.74, 6) is 0.864. The molecule has 1 heterocycles. The monoisotopic (exact) mass is 252 g/mol. The first-order valence-corrected chi connectivity index (χ1v) is 8.18. The van der Waals surface area contributed by atoms with Crippen LogP contribution in [0, 0.1) is 5.92 Å². The van der Waals surface area contributed by atoms with Crippen molar-refractivity contribution in [3.05, 3.63) is 0 Å². The van der Waals surface area contributed by atoms with Crippen molar-refractivity contribution in [3.8, 4) is 0 Å². The molecule has 0 bridgehead atoms. The molecule has 2 heteroatoms. The summed E-state index contributed by atoms with van der Waals surface area (Å²) >= 11 is 0. The highest BCUT2D eigenvalue weighted by Gasteiger charge is 2.43. The largest absolute Gasteiger partial charge is 0.311 e. The van der Waals surface area contributed by atoms with Gasteiger partial charge in [-0.1, -0.05) is 40.0 Å². The highest BCUT2D eigenvalue weighted by molar-refractivity contribution is 5.01. The fourth-order valence-electron chi connectivity index (χ4n) is 4.00. The Kier molecular flexibility index (Phi) is 5.08. The van der Waals surface area contributed by atoms with E-state index >= 15 is 0 Å². The van der Waals surface area contributed by atoms with Gasteiger partial charge < -0.3 is 5.32 Å². The van der Waals surface area contributed by atoms with Gasteiger partial charge in [0.05, 0.1) is 0 Å². The molecule has 2 atom stereocenters. The lowest BCUT2D eigenvalue weighted by molar-refractivity contribution is 0.0294. The smallest absolute Gasteiger partial charge is 0.0334 e. The summed E-state index contributed by atoms with van der Waals surface area (Å²) in [6, 6.07) is 0.727. The van der Waals surface area contributed by atoms with Gasteiger partial charge in [-0.05, 0) is 31.6 Å². The van der Waals surface area contributed by atoms with E-state index in [1.165, 1.54) is 64.6 Å². The van der Waals surface area contributed by atoms with E-state index in [0.717, 1.165) is 12.0 Å². The molecule has 2 aliphatic rings. The maximum atomic E-state index is 3.80. The molecule has 2 nitrogen and oxygen atoms in total. The van der Waals surface area contributed by atoms with Gasteiger partial charge in [0, 0.05) is 31.2 Å². The SMILES string of the molecule is CCCC(C)CN1CC(CC)NCC12CCCC2. The quantitative estimate of drug-likeness (QED) is 0.806. The summed E-state index contributed by atoms with van der Waals surface area (Å²) < 4.78 is 0. The zero-order chi connectivity index (χ0) is 13.0. The molecule has 106 valence electrons. The van der Waals surface area contributed by atoms with Crippen LogP contribution < -0.4 is 5.32 Å². The highest BCUT2D eigenvalue weighted by Crippen LogP contribution is 2.37. The first kappa shape index (κ1) is 14.3. The van der Waals surface area contributed by atoms with Gasteiger partial charge in [0.2, 0.25) is 0 Å². The molecular weight excluding hydrogens is 220 g/mol. The van der Waals surface area contributed by atoms with E-state index in [-0.39, 0.29) is 0 Å². The first-order chi connectivity index (χ1) is 8.70. The third-order valence-corrected chi connectivity index (χ3v) is 5.17. The standard InChI is InChI=1S/C16H32N2/c1-4-8-14(3)11-18-12-15(5-2)17-13-16(18)9-6-7-10-16/h14-15,17H,4-13H2,1-3H3. The molecule has 0 aromatic rings. The molecule has 0 aromatic carbocycles. The van der Waals surface area contributed by atoms with Crippen LogP contribution in [0.2, 0.25) is 0 Å². The van der Waals surface area contributed by atoms with Crippen molar-refractivity contribution in [2.75, 3.05) is 19.6 Å². The molecule has 2 unspecified atom stereocenters. The third-order valence-electron chi connectivity index (χ3n) is 5.17. The van der Waals surface area contributed by atoms with Crippen molar-refractivity contribution in [3.63, 3.8) is 0 Å². The molecule has 1 aliphatic heterocycles. The lowest BCUT2D eigenvalue weighted by Gasteiger charge is -2.49.